The van der Waals surface area contributed by atoms with Gasteiger partial charge < -0.3 is 18.4 Å². The molecule has 10 aromatic carbocycles. The quantitative estimate of drug-likeness (QED) is 0.123. The second-order valence-electron chi connectivity index (χ2n) is 20.7. The average molecular weight is 1170 g/mol. The number of hydrogen-bond acceptors (Lipinski definition) is 2. The third kappa shape index (κ3) is 7.34. The number of imidazole rings is 1. The third-order valence-corrected chi connectivity index (χ3v) is 15.3. The first-order valence-electron chi connectivity index (χ1n) is 25.9. The molecule has 15 rings (SSSR count). The molecule has 0 unspecified atom stereocenters. The SMILES string of the molecule is CC(C)(C)c1ccnc(-n2c3[c-]c(Oc4[c-]c(-n5[c-][n+]6c7c(ccc(-n8c9ccccc9c9ccccc98)c75)-c5ccccc5-c5ccccc5-c5cccc(-c7ccccc7)c5-6)ccc4)ccc3c3ccccc32)c1.[Pt]. The van der Waals surface area contributed by atoms with Crippen molar-refractivity contribution in [2.45, 2.75) is 26.2 Å². The topological polar surface area (TPSA) is 40.8 Å². The number of nitrogens with zero attached hydrogens (tertiary/aromatic N) is 5. The predicted octanol–water partition coefficient (Wildman–Crippen LogP) is 17.0. The summed E-state index contributed by atoms with van der Waals surface area (Å²) in [6.07, 6.45) is 5.96. The molecule has 7 heteroatoms. The zero-order valence-electron chi connectivity index (χ0n) is 42.4. The Morgan fingerprint density at radius 2 is 1.03 bits per heavy atom. The predicted molar refractivity (Wildman–Crippen MR) is 308 cm³/mol. The van der Waals surface area contributed by atoms with Crippen molar-refractivity contribution in [3.05, 3.63) is 255 Å². The molecule has 0 aliphatic carbocycles. The van der Waals surface area contributed by atoms with Gasteiger partial charge in [-0.2, -0.15) is 18.2 Å². The van der Waals surface area contributed by atoms with Gasteiger partial charge in [-0.05, 0) is 103 Å². The second kappa shape index (κ2) is 18.0. The molecule has 0 spiro atoms. The van der Waals surface area contributed by atoms with E-state index < -0.39 is 0 Å². The largest absolute Gasteiger partial charge is 0.510 e. The molecule has 0 fully saturated rings. The minimum atomic E-state index is -0.0538. The standard InChI is InChI=1S/C70H47N5O.Pt/c1-70(2,3)46-39-40-71-66(41-46)75-63-34-16-13-29-57(63)58-36-35-49(43-65(58)75)76-48-22-17-21-47(42-48)72-44-73-67-50(45-19-5-4-6-20-45)30-18-31-59(67)53-25-9-7-23-51(53)52-24-8-10-26-54(52)60-37-38-64(69(72)68(60)73)74-61-32-14-11-27-55(61)56-28-12-15-33-62(56)74;/h4-41H,1-3H3;/q-2;. The Labute approximate surface area is 460 Å². The molecule has 0 atom stereocenters. The van der Waals surface area contributed by atoms with Crippen LogP contribution in [0.1, 0.15) is 26.3 Å². The Bertz CT molecular complexity index is 4620. The Hall–Kier alpha value is -9.09. The summed E-state index contributed by atoms with van der Waals surface area (Å²) in [5.41, 5.74) is 19.1. The van der Waals surface area contributed by atoms with Crippen molar-refractivity contribution < 1.29 is 30.4 Å². The maximum Gasteiger partial charge on any atom is 0.268 e. The van der Waals surface area contributed by atoms with Gasteiger partial charge in [-0.25, -0.2) is 4.98 Å². The number of ether oxygens (including phenoxy) is 1. The van der Waals surface area contributed by atoms with Gasteiger partial charge in [-0.3, -0.25) is 4.57 Å². The van der Waals surface area contributed by atoms with Crippen molar-refractivity contribution in [1.82, 2.24) is 18.7 Å². The zero-order chi connectivity index (χ0) is 50.6. The third-order valence-electron chi connectivity index (χ3n) is 15.3. The number of benzene rings is 10. The van der Waals surface area contributed by atoms with Gasteiger partial charge in [0.1, 0.15) is 11.3 Å². The van der Waals surface area contributed by atoms with Crippen molar-refractivity contribution >= 4 is 54.6 Å². The van der Waals surface area contributed by atoms with E-state index in [0.717, 1.165) is 106 Å². The fourth-order valence-electron chi connectivity index (χ4n) is 11.8. The van der Waals surface area contributed by atoms with Gasteiger partial charge in [-0.1, -0.05) is 184 Å². The number of aromatic nitrogens is 5. The molecular weight excluding hydrogens is 1120 g/mol. The van der Waals surface area contributed by atoms with Crippen LogP contribution in [0, 0.1) is 18.5 Å². The molecule has 0 amide bonds. The molecule has 0 N–H and O–H groups in total. The van der Waals surface area contributed by atoms with E-state index in [1.54, 1.807) is 0 Å². The van der Waals surface area contributed by atoms with Gasteiger partial charge in [0.05, 0.1) is 27.9 Å². The van der Waals surface area contributed by atoms with Crippen molar-refractivity contribution in [2.75, 3.05) is 0 Å². The fourth-order valence-corrected chi connectivity index (χ4v) is 11.8. The summed E-state index contributed by atoms with van der Waals surface area (Å²) in [6.45, 7) is 6.69. The molecule has 370 valence electrons. The molecule has 1 aliphatic heterocycles. The maximum absolute atomic E-state index is 6.90. The Balaban J connectivity index is 0.00000540. The number of hydrogen-bond donors (Lipinski definition) is 0. The van der Waals surface area contributed by atoms with Gasteiger partial charge in [-0.15, -0.1) is 29.7 Å². The van der Waals surface area contributed by atoms with Crippen molar-refractivity contribution in [2.24, 2.45) is 0 Å². The summed E-state index contributed by atoms with van der Waals surface area (Å²) in [5.74, 6) is 1.95. The van der Waals surface area contributed by atoms with Crippen LogP contribution in [0.4, 0.5) is 0 Å². The molecule has 5 heterocycles. The van der Waals surface area contributed by atoms with Gasteiger partial charge in [0.25, 0.3) is 6.33 Å². The summed E-state index contributed by atoms with van der Waals surface area (Å²) in [6, 6.07) is 87.6. The number of para-hydroxylation sites is 4. The second-order valence-corrected chi connectivity index (χ2v) is 20.7. The maximum atomic E-state index is 6.90. The molecule has 14 aromatic rings. The van der Waals surface area contributed by atoms with Gasteiger partial charge in [0.2, 0.25) is 0 Å². The summed E-state index contributed by atoms with van der Waals surface area (Å²) in [4.78, 5) is 4.92. The average Bonchev–Trinajstić information content (AvgIpc) is 4.19. The molecule has 0 saturated heterocycles. The minimum Gasteiger partial charge on any atom is -0.510 e. The normalized spacial score (nSPS) is 12.0. The Kier molecular flexibility index (Phi) is 10.9. The molecule has 77 heavy (non-hydrogen) atoms. The van der Waals surface area contributed by atoms with Crippen LogP contribution in [-0.2, 0) is 26.5 Å². The first-order chi connectivity index (χ1) is 37.4. The van der Waals surface area contributed by atoms with Crippen LogP contribution in [-0.4, -0.2) is 18.7 Å². The summed E-state index contributed by atoms with van der Waals surface area (Å²) >= 11 is 0. The molecule has 4 aromatic heterocycles. The van der Waals surface area contributed by atoms with E-state index >= 15 is 0 Å². The fraction of sp³-hybridized carbons (Fsp3) is 0.0571. The van der Waals surface area contributed by atoms with Crippen LogP contribution in [0.5, 0.6) is 11.5 Å². The van der Waals surface area contributed by atoms with Crippen LogP contribution >= 0.6 is 0 Å². The number of rotatable bonds is 6. The van der Waals surface area contributed by atoms with Crippen LogP contribution in [0.2, 0.25) is 0 Å². The van der Waals surface area contributed by atoms with Crippen molar-refractivity contribution in [3.63, 3.8) is 0 Å². The van der Waals surface area contributed by atoms with Gasteiger partial charge in [0.15, 0.2) is 0 Å². The van der Waals surface area contributed by atoms with Gasteiger partial charge in [0, 0.05) is 55.1 Å². The minimum absolute atomic E-state index is 0. The van der Waals surface area contributed by atoms with Crippen molar-refractivity contribution in [1.29, 1.82) is 0 Å². The molecule has 0 radical (unpaired) electrons. The smallest absolute Gasteiger partial charge is 0.268 e. The van der Waals surface area contributed by atoms with E-state index in [2.05, 4.69) is 264 Å². The van der Waals surface area contributed by atoms with E-state index in [4.69, 9.17) is 9.72 Å². The first-order valence-corrected chi connectivity index (χ1v) is 25.9. The van der Waals surface area contributed by atoms with E-state index in [-0.39, 0.29) is 26.5 Å². The van der Waals surface area contributed by atoms with E-state index in [9.17, 15) is 0 Å². The molecule has 6 nitrogen and oxygen atoms in total. The van der Waals surface area contributed by atoms with Crippen LogP contribution < -0.4 is 9.30 Å². The van der Waals surface area contributed by atoms with E-state index in [0.29, 0.717) is 11.5 Å². The molecule has 0 saturated carbocycles. The van der Waals surface area contributed by atoms with Crippen LogP contribution in [0.3, 0.4) is 0 Å². The molecule has 0 bridgehead atoms. The Morgan fingerprint density at radius 1 is 0.468 bits per heavy atom. The van der Waals surface area contributed by atoms with E-state index in [1.165, 1.54) is 21.9 Å². The number of pyridine rings is 1. The molecular formula is C70H47N5OPt-2. The molecule has 1 aliphatic rings. The first kappa shape index (κ1) is 46.4. The monoisotopic (exact) mass is 1170 g/mol. The summed E-state index contributed by atoms with van der Waals surface area (Å²) in [5, 5.41) is 4.57. The summed E-state index contributed by atoms with van der Waals surface area (Å²) in [7, 11) is 0. The summed E-state index contributed by atoms with van der Waals surface area (Å²) < 4.78 is 16.0. The van der Waals surface area contributed by atoms with Crippen LogP contribution in [0.15, 0.2) is 231 Å². The van der Waals surface area contributed by atoms with Gasteiger partial charge >= 0.3 is 0 Å². The zero-order valence-corrected chi connectivity index (χ0v) is 44.7. The van der Waals surface area contributed by atoms with E-state index in [1.807, 2.05) is 24.4 Å². The van der Waals surface area contributed by atoms with Crippen LogP contribution in [0.25, 0.3) is 122 Å². The number of fused-ring (bicyclic) bond motifs is 13. The Morgan fingerprint density at radius 3 is 1.71 bits per heavy atom. The van der Waals surface area contributed by atoms with Crippen molar-refractivity contribution in [3.8, 4) is 78.9 Å².